The first-order valence-corrected chi connectivity index (χ1v) is 10.9. The smallest absolute Gasteiger partial charge is 0.204 e. The van der Waals surface area contributed by atoms with Crippen molar-refractivity contribution in [2.45, 2.75) is 26.2 Å². The molecule has 3 nitrogen and oxygen atoms in total. The van der Waals surface area contributed by atoms with Gasteiger partial charge in [-0.2, -0.15) is 0 Å². The first-order valence-electron chi connectivity index (χ1n) is 9.13. The van der Waals surface area contributed by atoms with Crippen LogP contribution < -0.4 is 10.1 Å². The summed E-state index contributed by atoms with van der Waals surface area (Å²) >= 11 is 3.17. The minimum Gasteiger partial charge on any atom is -0.444 e. The highest BCUT2D eigenvalue weighted by molar-refractivity contribution is 7.14. The molecule has 0 spiro atoms. The van der Waals surface area contributed by atoms with Crippen molar-refractivity contribution in [2.75, 3.05) is 5.32 Å². The maximum Gasteiger partial charge on any atom is 0.204 e. The van der Waals surface area contributed by atoms with Gasteiger partial charge in [0.25, 0.3) is 0 Å². The fraction of sp³-hybridized carbons (Fsp3) is 0.174. The summed E-state index contributed by atoms with van der Waals surface area (Å²) in [5, 5.41) is 9.21. The Bertz CT molecular complexity index is 1060. The number of para-hydroxylation sites is 1. The Morgan fingerprint density at radius 1 is 0.893 bits per heavy atom. The van der Waals surface area contributed by atoms with Crippen LogP contribution in [0.5, 0.6) is 10.8 Å². The van der Waals surface area contributed by atoms with Crippen molar-refractivity contribution in [3.63, 3.8) is 0 Å². The van der Waals surface area contributed by atoms with Crippen LogP contribution in [0.2, 0.25) is 0 Å². The van der Waals surface area contributed by atoms with Crippen molar-refractivity contribution in [3.05, 3.63) is 77.0 Å². The lowest BCUT2D eigenvalue weighted by atomic mass is 9.86. The van der Waals surface area contributed by atoms with Crippen LogP contribution in [0.3, 0.4) is 0 Å². The molecule has 5 heteroatoms. The molecule has 1 N–H and O–H groups in total. The lowest BCUT2D eigenvalue weighted by molar-refractivity contribution is 0.467. The van der Waals surface area contributed by atoms with Crippen LogP contribution in [0.25, 0.3) is 11.3 Å². The van der Waals surface area contributed by atoms with Crippen molar-refractivity contribution in [2.24, 2.45) is 0 Å². The van der Waals surface area contributed by atoms with Gasteiger partial charge >= 0.3 is 0 Å². The summed E-state index contributed by atoms with van der Waals surface area (Å²) < 4.78 is 6.30. The lowest BCUT2D eigenvalue weighted by Gasteiger charge is -2.22. The molecule has 0 radical (unpaired) electrons. The normalized spacial score (nSPS) is 11.4. The van der Waals surface area contributed by atoms with Crippen LogP contribution in [0.4, 0.5) is 10.8 Å². The highest BCUT2D eigenvalue weighted by Gasteiger charge is 2.20. The molecule has 2 heterocycles. The van der Waals surface area contributed by atoms with E-state index in [1.54, 1.807) is 22.7 Å². The van der Waals surface area contributed by atoms with Crippen LogP contribution in [0, 0.1) is 0 Å². The Morgan fingerprint density at radius 3 is 2.43 bits per heavy atom. The molecule has 0 saturated heterocycles. The Morgan fingerprint density at radius 2 is 1.64 bits per heavy atom. The molecule has 0 unspecified atom stereocenters. The number of anilines is 2. The molecule has 0 bridgehead atoms. The van der Waals surface area contributed by atoms with Crippen molar-refractivity contribution in [1.29, 1.82) is 0 Å². The van der Waals surface area contributed by atoms with Crippen LogP contribution in [0.1, 0.15) is 26.3 Å². The van der Waals surface area contributed by atoms with E-state index in [2.05, 4.69) is 55.7 Å². The summed E-state index contributed by atoms with van der Waals surface area (Å²) in [6.07, 6.45) is 0. The number of hydrogen-bond acceptors (Lipinski definition) is 5. The van der Waals surface area contributed by atoms with E-state index in [1.165, 1.54) is 5.56 Å². The van der Waals surface area contributed by atoms with Gasteiger partial charge in [0.05, 0.1) is 11.4 Å². The van der Waals surface area contributed by atoms with Gasteiger partial charge in [0.2, 0.25) is 5.06 Å². The van der Waals surface area contributed by atoms with Gasteiger partial charge in [-0.25, -0.2) is 4.98 Å². The molecule has 142 valence electrons. The number of nitrogens with one attached hydrogen (secondary N) is 1. The first kappa shape index (κ1) is 18.7. The summed E-state index contributed by atoms with van der Waals surface area (Å²) in [6.45, 7) is 6.59. The summed E-state index contributed by atoms with van der Waals surface area (Å²) in [5.41, 5.74) is 4.23. The molecule has 0 amide bonds. The Kier molecular flexibility index (Phi) is 5.20. The van der Waals surface area contributed by atoms with Crippen LogP contribution in [-0.2, 0) is 5.41 Å². The molecule has 2 aromatic heterocycles. The van der Waals surface area contributed by atoms with Crippen molar-refractivity contribution in [1.82, 2.24) is 4.98 Å². The van der Waals surface area contributed by atoms with Gasteiger partial charge in [0, 0.05) is 16.5 Å². The second-order valence-electron chi connectivity index (χ2n) is 7.50. The maximum atomic E-state index is 6.30. The van der Waals surface area contributed by atoms with Gasteiger partial charge in [-0.05, 0) is 22.9 Å². The third-order valence-electron chi connectivity index (χ3n) is 4.34. The Hall–Kier alpha value is -2.63. The molecular formula is C23H22N2OS2. The highest BCUT2D eigenvalue weighted by Crippen LogP contribution is 2.41. The number of benzene rings is 2. The second kappa shape index (κ2) is 7.78. The molecule has 4 rings (SSSR count). The topological polar surface area (TPSA) is 34.1 Å². The van der Waals surface area contributed by atoms with E-state index >= 15 is 0 Å². The molecule has 4 aromatic rings. The SMILES string of the molecule is CC(C)(C)c1ccccc1Oc1sccc1Nc1nc(-c2ccccc2)cs1. The number of aromatic nitrogens is 1. The predicted molar refractivity (Wildman–Crippen MR) is 120 cm³/mol. The van der Waals surface area contributed by atoms with E-state index in [1.807, 2.05) is 41.8 Å². The van der Waals surface area contributed by atoms with Gasteiger partial charge < -0.3 is 10.1 Å². The molecule has 0 saturated carbocycles. The van der Waals surface area contributed by atoms with Gasteiger partial charge in [0.1, 0.15) is 5.75 Å². The van der Waals surface area contributed by atoms with Crippen LogP contribution in [0.15, 0.2) is 71.4 Å². The van der Waals surface area contributed by atoms with Crippen molar-refractivity contribution in [3.8, 4) is 22.1 Å². The largest absolute Gasteiger partial charge is 0.444 e. The Labute approximate surface area is 173 Å². The van der Waals surface area contributed by atoms with Gasteiger partial charge in [-0.3, -0.25) is 0 Å². The molecule has 0 atom stereocenters. The van der Waals surface area contributed by atoms with E-state index in [0.717, 1.165) is 32.9 Å². The molecule has 0 aliphatic rings. The standard InChI is InChI=1S/C23H22N2OS2/c1-23(2,3)17-11-7-8-12-20(17)26-21-18(13-14-27-21)24-22-25-19(15-28-22)16-9-5-4-6-10-16/h4-15H,1-3H3,(H,24,25). The molecule has 28 heavy (non-hydrogen) atoms. The quantitative estimate of drug-likeness (QED) is 0.368. The first-order chi connectivity index (χ1) is 13.5. The number of thiazole rings is 1. The number of hydrogen-bond donors (Lipinski definition) is 1. The lowest BCUT2D eigenvalue weighted by Crippen LogP contribution is -2.12. The zero-order chi connectivity index (χ0) is 19.6. The van der Waals surface area contributed by atoms with E-state index in [4.69, 9.17) is 9.72 Å². The minimum atomic E-state index is 0.0152. The van der Waals surface area contributed by atoms with Crippen LogP contribution >= 0.6 is 22.7 Å². The summed E-state index contributed by atoms with van der Waals surface area (Å²) in [7, 11) is 0. The zero-order valence-electron chi connectivity index (χ0n) is 16.1. The summed E-state index contributed by atoms with van der Waals surface area (Å²) in [4.78, 5) is 4.72. The van der Waals surface area contributed by atoms with E-state index in [9.17, 15) is 0 Å². The molecule has 0 fully saturated rings. The van der Waals surface area contributed by atoms with E-state index in [-0.39, 0.29) is 5.41 Å². The molecule has 0 aliphatic heterocycles. The average Bonchev–Trinajstić information content (AvgIpc) is 3.32. The number of rotatable bonds is 5. The number of thiophene rings is 1. The Balaban J connectivity index is 1.56. The van der Waals surface area contributed by atoms with E-state index < -0.39 is 0 Å². The van der Waals surface area contributed by atoms with Gasteiger partial charge in [0.15, 0.2) is 5.13 Å². The van der Waals surface area contributed by atoms with Crippen molar-refractivity contribution >= 4 is 33.5 Å². The maximum absolute atomic E-state index is 6.30. The van der Waals surface area contributed by atoms with Gasteiger partial charge in [-0.1, -0.05) is 69.3 Å². The predicted octanol–water partition coefficient (Wildman–Crippen LogP) is 7.71. The molecule has 0 aliphatic carbocycles. The summed E-state index contributed by atoms with van der Waals surface area (Å²) in [6, 6.07) is 20.5. The average molecular weight is 407 g/mol. The van der Waals surface area contributed by atoms with Gasteiger partial charge in [-0.15, -0.1) is 22.7 Å². The third-order valence-corrected chi connectivity index (χ3v) is 5.89. The number of ether oxygens (including phenoxy) is 1. The molecule has 2 aromatic carbocycles. The highest BCUT2D eigenvalue weighted by atomic mass is 32.1. The minimum absolute atomic E-state index is 0.0152. The second-order valence-corrected chi connectivity index (χ2v) is 9.24. The monoisotopic (exact) mass is 406 g/mol. The zero-order valence-corrected chi connectivity index (χ0v) is 17.7. The van der Waals surface area contributed by atoms with Crippen molar-refractivity contribution < 1.29 is 4.74 Å². The summed E-state index contributed by atoms with van der Waals surface area (Å²) in [5.74, 6) is 0.893. The fourth-order valence-corrected chi connectivity index (χ4v) is 4.37. The molecular weight excluding hydrogens is 384 g/mol. The van der Waals surface area contributed by atoms with Crippen LogP contribution in [-0.4, -0.2) is 4.98 Å². The fourth-order valence-electron chi connectivity index (χ4n) is 2.93. The van der Waals surface area contributed by atoms with E-state index in [0.29, 0.717) is 0 Å². The third kappa shape index (κ3) is 4.11. The number of nitrogens with zero attached hydrogens (tertiary/aromatic N) is 1.